The summed E-state index contributed by atoms with van der Waals surface area (Å²) >= 11 is 0. The first-order valence-corrected chi connectivity index (χ1v) is 10.8. The van der Waals surface area contributed by atoms with Crippen LogP contribution in [0.4, 0.5) is 5.69 Å². The summed E-state index contributed by atoms with van der Waals surface area (Å²) in [5, 5.41) is 8.02. The quantitative estimate of drug-likeness (QED) is 0.496. The number of hydrogen-bond acceptors (Lipinski definition) is 5. The van der Waals surface area contributed by atoms with E-state index in [-0.39, 0.29) is 48.9 Å². The van der Waals surface area contributed by atoms with Crippen molar-refractivity contribution in [3.05, 3.63) is 29.8 Å². The maximum absolute atomic E-state index is 12.7. The van der Waals surface area contributed by atoms with Gasteiger partial charge in [-0.3, -0.25) is 28.9 Å². The van der Waals surface area contributed by atoms with Gasteiger partial charge >= 0.3 is 0 Å². The van der Waals surface area contributed by atoms with E-state index in [9.17, 15) is 24.0 Å². The number of aryl methyl sites for hydroxylation is 1. The predicted octanol–water partition coefficient (Wildman–Crippen LogP) is 1.36. The van der Waals surface area contributed by atoms with E-state index in [0.29, 0.717) is 5.69 Å². The van der Waals surface area contributed by atoms with Gasteiger partial charge in [-0.1, -0.05) is 38.5 Å². The van der Waals surface area contributed by atoms with Crippen molar-refractivity contribution in [3.63, 3.8) is 0 Å². The molecule has 1 saturated heterocycles. The first-order valence-electron chi connectivity index (χ1n) is 10.8. The van der Waals surface area contributed by atoms with Crippen LogP contribution in [0.1, 0.15) is 46.1 Å². The molecule has 0 saturated carbocycles. The summed E-state index contributed by atoms with van der Waals surface area (Å²) in [5.74, 6) is -2.49. The summed E-state index contributed by atoms with van der Waals surface area (Å²) < 4.78 is 0. The van der Waals surface area contributed by atoms with Gasteiger partial charge in [-0.2, -0.15) is 0 Å². The van der Waals surface area contributed by atoms with E-state index < -0.39 is 23.9 Å². The zero-order valence-electron chi connectivity index (χ0n) is 19.2. The van der Waals surface area contributed by atoms with Crippen LogP contribution in [0.15, 0.2) is 24.3 Å². The molecule has 2 rings (SSSR count). The van der Waals surface area contributed by atoms with Crippen molar-refractivity contribution in [1.82, 2.24) is 15.5 Å². The summed E-state index contributed by atoms with van der Waals surface area (Å²) in [6.07, 6.45) is 0.0597. The number of rotatable bonds is 9. The average molecular weight is 445 g/mol. The highest BCUT2D eigenvalue weighted by molar-refractivity contribution is 6.03. The van der Waals surface area contributed by atoms with E-state index >= 15 is 0 Å². The highest BCUT2D eigenvalue weighted by Crippen LogP contribution is 2.18. The summed E-state index contributed by atoms with van der Waals surface area (Å²) in [4.78, 5) is 62.4. The monoisotopic (exact) mass is 444 g/mol. The van der Waals surface area contributed by atoms with E-state index in [1.54, 1.807) is 39.8 Å². The summed E-state index contributed by atoms with van der Waals surface area (Å²) in [5.41, 5.74) is 1.68. The minimum Gasteiger partial charge on any atom is -0.344 e. The van der Waals surface area contributed by atoms with Gasteiger partial charge in [0.15, 0.2) is 0 Å². The molecule has 3 N–H and O–H groups in total. The molecule has 1 aliphatic heterocycles. The second-order valence-corrected chi connectivity index (χ2v) is 8.61. The van der Waals surface area contributed by atoms with E-state index in [1.165, 1.54) is 0 Å². The number of nitrogens with one attached hydrogen (secondary N) is 3. The highest BCUT2D eigenvalue weighted by Gasteiger charge is 2.35. The summed E-state index contributed by atoms with van der Waals surface area (Å²) in [6.45, 7) is 8.71. The van der Waals surface area contributed by atoms with Gasteiger partial charge in [0.2, 0.25) is 29.5 Å². The van der Waals surface area contributed by atoms with Crippen LogP contribution in [0, 0.1) is 18.8 Å². The van der Waals surface area contributed by atoms with Crippen molar-refractivity contribution in [3.8, 4) is 0 Å². The van der Waals surface area contributed by atoms with Gasteiger partial charge in [0.25, 0.3) is 0 Å². The van der Waals surface area contributed by atoms with Crippen molar-refractivity contribution < 1.29 is 24.0 Å². The molecule has 0 aromatic heterocycles. The van der Waals surface area contributed by atoms with Crippen LogP contribution >= 0.6 is 0 Å². The third-order valence-electron chi connectivity index (χ3n) is 5.37. The second kappa shape index (κ2) is 10.9. The van der Waals surface area contributed by atoms with Crippen LogP contribution in [0.5, 0.6) is 0 Å². The molecule has 174 valence electrons. The first-order chi connectivity index (χ1) is 15.0. The average Bonchev–Trinajstić information content (AvgIpc) is 2.97. The van der Waals surface area contributed by atoms with Gasteiger partial charge in [-0.05, 0) is 31.9 Å². The number of carbonyl (C=O) groups is 5. The number of nitrogens with zero attached hydrogens (tertiary/aromatic N) is 1. The predicted molar refractivity (Wildman–Crippen MR) is 119 cm³/mol. The molecule has 5 amide bonds. The maximum atomic E-state index is 12.7. The lowest BCUT2D eigenvalue weighted by Crippen LogP contribution is -2.54. The van der Waals surface area contributed by atoms with Gasteiger partial charge in [-0.15, -0.1) is 0 Å². The SMILES string of the molecule is Cc1ccc(NC(=O)C(C)NC(=O)C(NC(=O)CCN2C(=O)CC(C)C2=O)C(C)C)cc1. The van der Waals surface area contributed by atoms with E-state index in [4.69, 9.17) is 0 Å². The normalized spacial score (nSPS) is 17.8. The molecule has 32 heavy (non-hydrogen) atoms. The Hall–Kier alpha value is -3.23. The number of anilines is 1. The number of amides is 5. The van der Waals surface area contributed by atoms with Gasteiger partial charge in [0.1, 0.15) is 12.1 Å². The molecule has 3 atom stereocenters. The zero-order valence-corrected chi connectivity index (χ0v) is 19.2. The maximum Gasteiger partial charge on any atom is 0.246 e. The van der Waals surface area contributed by atoms with Gasteiger partial charge in [0.05, 0.1) is 0 Å². The lowest BCUT2D eigenvalue weighted by molar-refractivity contribution is -0.140. The molecular weight excluding hydrogens is 412 g/mol. The van der Waals surface area contributed by atoms with Crippen LogP contribution in [0.25, 0.3) is 0 Å². The van der Waals surface area contributed by atoms with Gasteiger partial charge < -0.3 is 16.0 Å². The Kier molecular flexibility index (Phi) is 8.51. The van der Waals surface area contributed by atoms with Crippen molar-refractivity contribution in [2.24, 2.45) is 11.8 Å². The van der Waals surface area contributed by atoms with Crippen LogP contribution in [0.3, 0.4) is 0 Å². The van der Waals surface area contributed by atoms with E-state index in [2.05, 4.69) is 16.0 Å². The number of hydrogen-bond donors (Lipinski definition) is 3. The zero-order chi connectivity index (χ0) is 24.0. The van der Waals surface area contributed by atoms with E-state index in [1.807, 2.05) is 19.1 Å². The first kappa shape index (κ1) is 25.0. The Morgan fingerprint density at radius 3 is 2.19 bits per heavy atom. The van der Waals surface area contributed by atoms with Crippen molar-refractivity contribution in [2.45, 2.75) is 59.5 Å². The Labute approximate surface area is 188 Å². The third-order valence-corrected chi connectivity index (χ3v) is 5.37. The van der Waals surface area contributed by atoms with Crippen LogP contribution in [-0.4, -0.2) is 53.1 Å². The second-order valence-electron chi connectivity index (χ2n) is 8.61. The summed E-state index contributed by atoms with van der Waals surface area (Å²) in [6, 6.07) is 5.61. The fraction of sp³-hybridized carbons (Fsp3) is 0.522. The van der Waals surface area contributed by atoms with Crippen LogP contribution in [-0.2, 0) is 24.0 Å². The molecule has 1 aliphatic rings. The molecule has 0 radical (unpaired) electrons. The smallest absolute Gasteiger partial charge is 0.246 e. The molecule has 1 fully saturated rings. The number of benzene rings is 1. The van der Waals surface area contributed by atoms with Gasteiger partial charge in [0, 0.05) is 31.0 Å². The largest absolute Gasteiger partial charge is 0.344 e. The lowest BCUT2D eigenvalue weighted by atomic mass is 10.0. The number of likely N-dealkylation sites (tertiary alicyclic amines) is 1. The Morgan fingerprint density at radius 1 is 1.03 bits per heavy atom. The number of carbonyl (C=O) groups excluding carboxylic acids is 5. The fourth-order valence-corrected chi connectivity index (χ4v) is 3.33. The summed E-state index contributed by atoms with van der Waals surface area (Å²) in [7, 11) is 0. The molecule has 9 nitrogen and oxygen atoms in total. The molecule has 0 bridgehead atoms. The van der Waals surface area contributed by atoms with Crippen molar-refractivity contribution >= 4 is 35.2 Å². The van der Waals surface area contributed by atoms with Crippen molar-refractivity contribution in [2.75, 3.05) is 11.9 Å². The topological polar surface area (TPSA) is 125 Å². The van der Waals surface area contributed by atoms with Crippen LogP contribution in [0.2, 0.25) is 0 Å². The Morgan fingerprint density at radius 2 is 1.66 bits per heavy atom. The third kappa shape index (κ3) is 6.63. The number of imide groups is 1. The highest BCUT2D eigenvalue weighted by atomic mass is 16.2. The molecule has 3 unspecified atom stereocenters. The van der Waals surface area contributed by atoms with Gasteiger partial charge in [-0.25, -0.2) is 0 Å². The molecule has 0 spiro atoms. The molecule has 0 aliphatic carbocycles. The molecule has 9 heteroatoms. The molecule has 1 aromatic rings. The lowest BCUT2D eigenvalue weighted by Gasteiger charge is -2.24. The van der Waals surface area contributed by atoms with Crippen molar-refractivity contribution in [1.29, 1.82) is 0 Å². The minimum absolute atomic E-state index is 0.0182. The molecule has 1 aromatic carbocycles. The Bertz CT molecular complexity index is 881. The van der Waals surface area contributed by atoms with E-state index in [0.717, 1.165) is 10.5 Å². The Balaban J connectivity index is 1.88. The standard InChI is InChI=1S/C23H32N4O5/c1-13(2)20(26-18(28)10-11-27-19(29)12-15(4)23(27)32)22(31)24-16(5)21(30)25-17-8-6-14(3)7-9-17/h6-9,13,15-16,20H,10-12H2,1-5H3,(H,24,31)(H,25,30)(H,26,28). The molecule has 1 heterocycles. The fourth-order valence-electron chi connectivity index (χ4n) is 3.33. The molecular formula is C23H32N4O5. The van der Waals surface area contributed by atoms with Crippen LogP contribution < -0.4 is 16.0 Å². The minimum atomic E-state index is -0.860.